The van der Waals surface area contributed by atoms with Crippen molar-refractivity contribution in [2.24, 2.45) is 13.0 Å². The predicted octanol–water partition coefficient (Wildman–Crippen LogP) is 3.62. The fraction of sp³-hybridized carbons (Fsp3) is 0.440. The van der Waals surface area contributed by atoms with Crippen LogP contribution in [0.15, 0.2) is 30.6 Å². The van der Waals surface area contributed by atoms with Gasteiger partial charge in [-0.25, -0.2) is 9.97 Å². The SMILES string of the molecule is CC(C(=O)OC(C)(C)C)C(=O)C(C)N1CCc2sc(-c3ccnc(Nc4ccnn4C)n3)cc2C1=O. The lowest BCUT2D eigenvalue weighted by Gasteiger charge is -2.32. The quantitative estimate of drug-likeness (QED) is 0.378. The molecule has 0 radical (unpaired) electrons. The smallest absolute Gasteiger partial charge is 0.316 e. The second-order valence-electron chi connectivity index (χ2n) is 9.76. The molecule has 0 aliphatic carbocycles. The molecule has 1 aliphatic rings. The lowest BCUT2D eigenvalue weighted by atomic mass is 9.97. The van der Waals surface area contributed by atoms with Crippen molar-refractivity contribution >= 4 is 40.8 Å². The van der Waals surface area contributed by atoms with Crippen LogP contribution in [0, 0.1) is 5.92 Å². The molecule has 4 heterocycles. The number of anilines is 2. The average molecular weight is 511 g/mol. The molecule has 2 atom stereocenters. The Labute approximate surface area is 213 Å². The molecule has 2 unspecified atom stereocenters. The molecule has 0 spiro atoms. The number of ketones is 1. The van der Waals surface area contributed by atoms with Crippen molar-refractivity contribution < 1.29 is 19.1 Å². The van der Waals surface area contributed by atoms with E-state index < -0.39 is 23.5 Å². The number of hydrogen-bond acceptors (Lipinski definition) is 9. The molecule has 3 aromatic rings. The van der Waals surface area contributed by atoms with Gasteiger partial charge < -0.3 is 15.0 Å². The van der Waals surface area contributed by atoms with E-state index in [2.05, 4.69) is 20.4 Å². The first-order chi connectivity index (χ1) is 16.9. The van der Waals surface area contributed by atoms with Gasteiger partial charge in [0.15, 0.2) is 5.78 Å². The summed E-state index contributed by atoms with van der Waals surface area (Å²) in [6.07, 6.45) is 3.96. The second kappa shape index (κ2) is 9.81. The van der Waals surface area contributed by atoms with Crippen LogP contribution < -0.4 is 5.32 Å². The van der Waals surface area contributed by atoms with Gasteiger partial charge >= 0.3 is 5.97 Å². The summed E-state index contributed by atoms with van der Waals surface area (Å²) >= 11 is 1.51. The van der Waals surface area contributed by atoms with Gasteiger partial charge in [-0.15, -0.1) is 11.3 Å². The third-order valence-electron chi connectivity index (χ3n) is 5.92. The van der Waals surface area contributed by atoms with E-state index in [0.29, 0.717) is 30.2 Å². The van der Waals surface area contributed by atoms with Crippen molar-refractivity contribution in [3.05, 3.63) is 41.0 Å². The molecule has 0 fully saturated rings. The molecule has 0 saturated heterocycles. The summed E-state index contributed by atoms with van der Waals surface area (Å²) in [5, 5.41) is 7.26. The van der Waals surface area contributed by atoms with Crippen LogP contribution in [-0.4, -0.2) is 60.5 Å². The van der Waals surface area contributed by atoms with Crippen molar-refractivity contribution in [1.82, 2.24) is 24.6 Å². The average Bonchev–Trinajstić information content (AvgIpc) is 3.44. The maximum absolute atomic E-state index is 13.4. The number of hydrogen-bond donors (Lipinski definition) is 1. The van der Waals surface area contributed by atoms with E-state index in [-0.39, 0.29) is 11.7 Å². The van der Waals surface area contributed by atoms with Crippen molar-refractivity contribution in [2.45, 2.75) is 52.7 Å². The number of rotatable bonds is 7. The minimum atomic E-state index is -0.960. The number of esters is 1. The van der Waals surface area contributed by atoms with Gasteiger partial charge in [0, 0.05) is 37.2 Å². The molecule has 4 rings (SSSR count). The zero-order chi connectivity index (χ0) is 26.2. The Hall–Kier alpha value is -3.60. The van der Waals surface area contributed by atoms with Crippen LogP contribution in [0.4, 0.5) is 11.8 Å². The van der Waals surface area contributed by atoms with Crippen molar-refractivity contribution in [3.63, 3.8) is 0 Å². The first-order valence-corrected chi connectivity index (χ1v) is 12.5. The molecule has 11 heteroatoms. The number of ether oxygens (including phenoxy) is 1. The van der Waals surface area contributed by atoms with Crippen LogP contribution >= 0.6 is 11.3 Å². The zero-order valence-electron chi connectivity index (χ0n) is 21.2. The van der Waals surface area contributed by atoms with E-state index in [1.165, 1.54) is 23.2 Å². The molecule has 36 heavy (non-hydrogen) atoms. The molecule has 1 N–H and O–H groups in total. The zero-order valence-corrected chi connectivity index (χ0v) is 22.0. The van der Waals surface area contributed by atoms with Crippen LogP contribution in [0.5, 0.6) is 0 Å². The third kappa shape index (κ3) is 5.30. The minimum Gasteiger partial charge on any atom is -0.459 e. The number of thiophene rings is 1. The third-order valence-corrected chi connectivity index (χ3v) is 7.13. The van der Waals surface area contributed by atoms with Gasteiger partial charge in [-0.2, -0.15) is 5.10 Å². The summed E-state index contributed by atoms with van der Waals surface area (Å²) in [4.78, 5) is 51.0. The van der Waals surface area contributed by atoms with E-state index in [0.717, 1.165) is 15.6 Å². The molecule has 0 bridgehead atoms. The van der Waals surface area contributed by atoms with Gasteiger partial charge in [0.2, 0.25) is 5.95 Å². The molecule has 10 nitrogen and oxygen atoms in total. The maximum Gasteiger partial charge on any atom is 0.316 e. The molecular weight excluding hydrogens is 480 g/mol. The number of aryl methyl sites for hydroxylation is 1. The molecule has 0 aromatic carbocycles. The van der Waals surface area contributed by atoms with Crippen molar-refractivity contribution in [2.75, 3.05) is 11.9 Å². The first kappa shape index (κ1) is 25.5. The highest BCUT2D eigenvalue weighted by Gasteiger charge is 2.37. The highest BCUT2D eigenvalue weighted by atomic mass is 32.1. The summed E-state index contributed by atoms with van der Waals surface area (Å²) in [5.41, 5.74) is 0.563. The van der Waals surface area contributed by atoms with Gasteiger partial charge in [-0.05, 0) is 46.8 Å². The molecular formula is C25H30N6O4S. The van der Waals surface area contributed by atoms with Crippen LogP contribution in [-0.2, 0) is 27.8 Å². The van der Waals surface area contributed by atoms with Crippen LogP contribution in [0.2, 0.25) is 0 Å². The maximum atomic E-state index is 13.4. The van der Waals surface area contributed by atoms with Gasteiger partial charge in [-0.1, -0.05) is 0 Å². The Morgan fingerprint density at radius 3 is 2.61 bits per heavy atom. The summed E-state index contributed by atoms with van der Waals surface area (Å²) < 4.78 is 7.04. The monoisotopic (exact) mass is 510 g/mol. The Kier molecular flexibility index (Phi) is 6.94. The fourth-order valence-corrected chi connectivity index (χ4v) is 5.07. The largest absolute Gasteiger partial charge is 0.459 e. The van der Waals surface area contributed by atoms with Crippen molar-refractivity contribution in [3.8, 4) is 10.6 Å². The topological polar surface area (TPSA) is 119 Å². The summed E-state index contributed by atoms with van der Waals surface area (Å²) in [7, 11) is 1.82. The highest BCUT2D eigenvalue weighted by molar-refractivity contribution is 7.15. The van der Waals surface area contributed by atoms with E-state index in [9.17, 15) is 14.4 Å². The normalized spacial score (nSPS) is 15.3. The van der Waals surface area contributed by atoms with Gasteiger partial charge in [0.1, 0.15) is 17.3 Å². The van der Waals surface area contributed by atoms with Crippen molar-refractivity contribution in [1.29, 1.82) is 0 Å². The first-order valence-electron chi connectivity index (χ1n) is 11.7. The van der Waals surface area contributed by atoms with E-state index in [1.54, 1.807) is 50.8 Å². The van der Waals surface area contributed by atoms with Crippen LogP contribution in [0.1, 0.15) is 49.9 Å². The molecule has 1 aliphatic heterocycles. The standard InChI is InChI=1S/C25H30N6O4S/c1-14(23(34)35-25(3,4)5)21(32)15(2)31-12-9-18-16(22(31)33)13-19(36-18)17-7-10-26-24(28-17)29-20-8-11-27-30(20)6/h7-8,10-11,13-15H,9,12H2,1-6H3,(H,26,28,29). The van der Waals surface area contributed by atoms with Crippen LogP contribution in [0.25, 0.3) is 10.6 Å². The molecule has 0 saturated carbocycles. The summed E-state index contributed by atoms with van der Waals surface area (Å²) in [6, 6.07) is 4.69. The molecule has 3 aromatic heterocycles. The Morgan fingerprint density at radius 2 is 1.94 bits per heavy atom. The number of fused-ring (bicyclic) bond motifs is 1. The fourth-order valence-electron chi connectivity index (χ4n) is 3.96. The Bertz CT molecular complexity index is 1310. The lowest BCUT2D eigenvalue weighted by molar-refractivity contribution is -0.162. The highest BCUT2D eigenvalue weighted by Crippen LogP contribution is 2.35. The number of amides is 1. The van der Waals surface area contributed by atoms with Gasteiger partial charge in [-0.3, -0.25) is 19.1 Å². The number of carbonyl (C=O) groups excluding carboxylic acids is 3. The summed E-state index contributed by atoms with van der Waals surface area (Å²) in [6.45, 7) is 8.86. The second-order valence-corrected chi connectivity index (χ2v) is 10.9. The predicted molar refractivity (Wildman–Crippen MR) is 136 cm³/mol. The lowest BCUT2D eigenvalue weighted by Crippen LogP contribution is -2.49. The van der Waals surface area contributed by atoms with Gasteiger partial charge in [0.25, 0.3) is 5.91 Å². The number of nitrogens with one attached hydrogen (secondary N) is 1. The number of Topliss-reactive ketones (excluding diaryl/α,β-unsaturated/α-hetero) is 1. The number of nitrogens with zero attached hydrogens (tertiary/aromatic N) is 5. The van der Waals surface area contributed by atoms with Crippen LogP contribution in [0.3, 0.4) is 0 Å². The van der Waals surface area contributed by atoms with E-state index in [1.807, 2.05) is 19.2 Å². The number of aromatic nitrogens is 4. The molecule has 190 valence electrons. The minimum absolute atomic E-state index is 0.224. The summed E-state index contributed by atoms with van der Waals surface area (Å²) in [5.74, 6) is -0.926. The number of carbonyl (C=O) groups is 3. The van der Waals surface area contributed by atoms with Gasteiger partial charge in [0.05, 0.1) is 28.4 Å². The van der Waals surface area contributed by atoms with E-state index >= 15 is 0 Å². The Balaban J connectivity index is 1.50. The Morgan fingerprint density at radius 1 is 1.19 bits per heavy atom. The van der Waals surface area contributed by atoms with E-state index in [4.69, 9.17) is 4.74 Å². The molecule has 1 amide bonds.